The Morgan fingerprint density at radius 2 is 2.27 bits per heavy atom. The fraction of sp³-hybridized carbons (Fsp3) is 0.875. The van der Waals surface area contributed by atoms with Gasteiger partial charge in [-0.1, -0.05) is 0 Å². The van der Waals surface area contributed by atoms with Crippen LogP contribution in [0.1, 0.15) is 19.3 Å². The lowest BCUT2D eigenvalue weighted by molar-refractivity contribution is -0.125. The van der Waals surface area contributed by atoms with Crippen LogP contribution in [0.2, 0.25) is 0 Å². The summed E-state index contributed by atoms with van der Waals surface area (Å²) < 4.78 is 0. The van der Waals surface area contributed by atoms with E-state index in [9.17, 15) is 4.79 Å². The average molecular weight is 157 g/mol. The zero-order chi connectivity index (χ0) is 8.10. The topological polar surface area (TPSA) is 49.3 Å². The van der Waals surface area contributed by atoms with Crippen molar-refractivity contribution in [2.75, 3.05) is 19.7 Å². The molecule has 2 N–H and O–H groups in total. The van der Waals surface area contributed by atoms with Crippen molar-refractivity contribution in [1.29, 1.82) is 0 Å². The highest BCUT2D eigenvalue weighted by molar-refractivity contribution is 5.81. The van der Waals surface area contributed by atoms with Gasteiger partial charge in [-0.15, -0.1) is 0 Å². The first-order valence-electron chi connectivity index (χ1n) is 4.19. The standard InChI is InChI=1S/C8H15NO2/c10-6-8(11)7-2-1-4-9-5-3-7/h7,9-10H,1-6H2. The summed E-state index contributed by atoms with van der Waals surface area (Å²) in [7, 11) is 0. The molecule has 0 aromatic heterocycles. The molecule has 0 spiro atoms. The summed E-state index contributed by atoms with van der Waals surface area (Å²) >= 11 is 0. The van der Waals surface area contributed by atoms with E-state index in [-0.39, 0.29) is 18.3 Å². The van der Waals surface area contributed by atoms with Gasteiger partial charge in [0.2, 0.25) is 0 Å². The minimum Gasteiger partial charge on any atom is -0.389 e. The van der Waals surface area contributed by atoms with Gasteiger partial charge >= 0.3 is 0 Å². The molecule has 0 aromatic carbocycles. The van der Waals surface area contributed by atoms with Gasteiger partial charge in [0.1, 0.15) is 6.61 Å². The molecule has 3 heteroatoms. The monoisotopic (exact) mass is 157 g/mol. The second-order valence-electron chi connectivity index (χ2n) is 3.00. The molecule has 1 atom stereocenters. The fourth-order valence-electron chi connectivity index (χ4n) is 1.47. The van der Waals surface area contributed by atoms with Crippen LogP contribution in [-0.4, -0.2) is 30.6 Å². The third kappa shape index (κ3) is 2.60. The lowest BCUT2D eigenvalue weighted by Crippen LogP contribution is -2.20. The van der Waals surface area contributed by atoms with Crippen molar-refractivity contribution in [2.45, 2.75) is 19.3 Å². The van der Waals surface area contributed by atoms with Gasteiger partial charge in [0.05, 0.1) is 0 Å². The maximum atomic E-state index is 11.0. The number of ketones is 1. The van der Waals surface area contributed by atoms with Crippen molar-refractivity contribution in [3.05, 3.63) is 0 Å². The third-order valence-corrected chi connectivity index (χ3v) is 2.19. The molecule has 0 aromatic rings. The second-order valence-corrected chi connectivity index (χ2v) is 3.00. The smallest absolute Gasteiger partial charge is 0.161 e. The van der Waals surface area contributed by atoms with Crippen LogP contribution in [-0.2, 0) is 4.79 Å². The number of carbonyl (C=O) groups is 1. The number of aliphatic hydroxyl groups excluding tert-OH is 1. The van der Waals surface area contributed by atoms with Crippen LogP contribution in [0.3, 0.4) is 0 Å². The lowest BCUT2D eigenvalue weighted by Gasteiger charge is -2.09. The molecule has 1 unspecified atom stereocenters. The summed E-state index contributed by atoms with van der Waals surface area (Å²) in [5, 5.41) is 11.8. The molecule has 0 radical (unpaired) electrons. The Balaban J connectivity index is 2.36. The number of hydrogen-bond donors (Lipinski definition) is 2. The normalized spacial score (nSPS) is 26.1. The zero-order valence-corrected chi connectivity index (χ0v) is 6.68. The summed E-state index contributed by atoms with van der Waals surface area (Å²) in [6.07, 6.45) is 2.88. The average Bonchev–Trinajstić information content (AvgIpc) is 2.30. The van der Waals surface area contributed by atoms with Gasteiger partial charge in [-0.3, -0.25) is 4.79 Å². The number of Topliss-reactive ketones (excluding diaryl/α,β-unsaturated/α-hetero) is 1. The van der Waals surface area contributed by atoms with E-state index in [1.807, 2.05) is 0 Å². The summed E-state index contributed by atoms with van der Waals surface area (Å²) in [5.74, 6) is 0.115. The van der Waals surface area contributed by atoms with E-state index in [0.717, 1.165) is 32.4 Å². The van der Waals surface area contributed by atoms with Gasteiger partial charge < -0.3 is 10.4 Å². The van der Waals surface area contributed by atoms with Crippen molar-refractivity contribution >= 4 is 5.78 Å². The molecule has 3 nitrogen and oxygen atoms in total. The molecule has 0 amide bonds. The van der Waals surface area contributed by atoms with E-state index in [1.54, 1.807) is 0 Å². The molecule has 1 fully saturated rings. The number of rotatable bonds is 2. The highest BCUT2D eigenvalue weighted by Crippen LogP contribution is 2.13. The summed E-state index contributed by atoms with van der Waals surface area (Å²) in [4.78, 5) is 11.0. The second kappa shape index (κ2) is 4.46. The van der Waals surface area contributed by atoms with Gasteiger partial charge in [0.15, 0.2) is 5.78 Å². The highest BCUT2D eigenvalue weighted by atomic mass is 16.3. The third-order valence-electron chi connectivity index (χ3n) is 2.19. The minimum absolute atomic E-state index is 0.00806. The van der Waals surface area contributed by atoms with Crippen LogP contribution in [0, 0.1) is 5.92 Å². The quantitative estimate of drug-likeness (QED) is 0.590. The molecule has 1 rings (SSSR count). The first kappa shape index (κ1) is 8.68. The van der Waals surface area contributed by atoms with Crippen molar-refractivity contribution in [1.82, 2.24) is 5.32 Å². The predicted octanol–water partition coefficient (Wildman–Crippen LogP) is -0.0625. The van der Waals surface area contributed by atoms with Gasteiger partial charge in [-0.25, -0.2) is 0 Å². The van der Waals surface area contributed by atoms with Gasteiger partial charge in [-0.05, 0) is 32.4 Å². The Morgan fingerprint density at radius 1 is 1.45 bits per heavy atom. The largest absolute Gasteiger partial charge is 0.389 e. The van der Waals surface area contributed by atoms with Gasteiger partial charge in [0, 0.05) is 5.92 Å². The molecular formula is C8H15NO2. The van der Waals surface area contributed by atoms with Crippen molar-refractivity contribution in [2.24, 2.45) is 5.92 Å². The zero-order valence-electron chi connectivity index (χ0n) is 6.68. The van der Waals surface area contributed by atoms with Crippen molar-refractivity contribution in [3.63, 3.8) is 0 Å². The summed E-state index contributed by atoms with van der Waals surface area (Å²) in [5.41, 5.74) is 0. The molecule has 1 aliphatic rings. The lowest BCUT2D eigenvalue weighted by atomic mass is 9.96. The molecular weight excluding hydrogens is 142 g/mol. The Kier molecular flexibility index (Phi) is 3.52. The molecule has 1 heterocycles. The minimum atomic E-state index is -0.287. The number of carbonyl (C=O) groups excluding carboxylic acids is 1. The number of hydrogen-bond acceptors (Lipinski definition) is 3. The first-order valence-corrected chi connectivity index (χ1v) is 4.19. The Morgan fingerprint density at radius 3 is 3.00 bits per heavy atom. The van der Waals surface area contributed by atoms with Crippen LogP contribution in [0.15, 0.2) is 0 Å². The maximum Gasteiger partial charge on any atom is 0.161 e. The van der Waals surface area contributed by atoms with Gasteiger partial charge in [0.25, 0.3) is 0 Å². The fourth-order valence-corrected chi connectivity index (χ4v) is 1.47. The first-order chi connectivity index (χ1) is 5.34. The molecule has 0 saturated carbocycles. The molecule has 0 bridgehead atoms. The molecule has 0 aliphatic carbocycles. The number of aliphatic hydroxyl groups is 1. The number of nitrogens with one attached hydrogen (secondary N) is 1. The van der Waals surface area contributed by atoms with Crippen LogP contribution in [0.25, 0.3) is 0 Å². The Labute approximate surface area is 66.8 Å². The molecule has 1 saturated heterocycles. The van der Waals surface area contributed by atoms with Crippen LogP contribution < -0.4 is 5.32 Å². The Hall–Kier alpha value is -0.410. The molecule has 1 aliphatic heterocycles. The van der Waals surface area contributed by atoms with Crippen LogP contribution >= 0.6 is 0 Å². The highest BCUT2D eigenvalue weighted by Gasteiger charge is 2.18. The van der Waals surface area contributed by atoms with E-state index in [2.05, 4.69) is 5.32 Å². The van der Waals surface area contributed by atoms with E-state index in [1.165, 1.54) is 0 Å². The maximum absolute atomic E-state index is 11.0. The van der Waals surface area contributed by atoms with E-state index in [4.69, 9.17) is 5.11 Å². The summed E-state index contributed by atoms with van der Waals surface area (Å²) in [6, 6.07) is 0. The van der Waals surface area contributed by atoms with Gasteiger partial charge in [-0.2, -0.15) is 0 Å². The van der Waals surface area contributed by atoms with Crippen molar-refractivity contribution < 1.29 is 9.90 Å². The van der Waals surface area contributed by atoms with Crippen molar-refractivity contribution in [3.8, 4) is 0 Å². The predicted molar refractivity (Wildman–Crippen MR) is 42.3 cm³/mol. The summed E-state index contributed by atoms with van der Waals surface area (Å²) in [6.45, 7) is 1.64. The Bertz CT molecular complexity index is 128. The molecule has 64 valence electrons. The van der Waals surface area contributed by atoms with E-state index in [0.29, 0.717) is 0 Å². The van der Waals surface area contributed by atoms with E-state index >= 15 is 0 Å². The van der Waals surface area contributed by atoms with E-state index < -0.39 is 0 Å². The SMILES string of the molecule is O=C(CO)C1CCCNCC1. The van der Waals surface area contributed by atoms with Crippen LogP contribution in [0.4, 0.5) is 0 Å². The van der Waals surface area contributed by atoms with Crippen LogP contribution in [0.5, 0.6) is 0 Å². The molecule has 11 heavy (non-hydrogen) atoms.